The van der Waals surface area contributed by atoms with Crippen LogP contribution in [0.3, 0.4) is 0 Å². The summed E-state index contributed by atoms with van der Waals surface area (Å²) in [5.41, 5.74) is 7.17. The molecule has 86 valence electrons. The van der Waals surface area contributed by atoms with E-state index in [1.54, 1.807) is 12.1 Å². The van der Waals surface area contributed by atoms with Gasteiger partial charge >= 0.3 is 5.97 Å². The monoisotopic (exact) mass is 293 g/mol. The van der Waals surface area contributed by atoms with Crippen LogP contribution in [0, 0.1) is 0 Å². The third-order valence-electron chi connectivity index (χ3n) is 2.18. The van der Waals surface area contributed by atoms with Gasteiger partial charge in [-0.15, -0.1) is 0 Å². The van der Waals surface area contributed by atoms with Crippen molar-refractivity contribution in [1.82, 2.24) is 9.97 Å². The Morgan fingerprint density at radius 1 is 1.29 bits per heavy atom. The molecule has 6 heteroatoms. The van der Waals surface area contributed by atoms with Crippen LogP contribution in [0.15, 0.2) is 35.1 Å². The minimum Gasteiger partial charge on any atom is -0.478 e. The number of carbonyl (C=O) groups is 1. The highest BCUT2D eigenvalue weighted by molar-refractivity contribution is 9.10. The standard InChI is InChI=1S/C11H8BrN3O2/c12-8-5-14-10(13)9(15-8)6-1-3-7(4-2-6)11(16)17/h1-5H,(H2,13,14)(H,16,17). The van der Waals surface area contributed by atoms with Crippen molar-refractivity contribution in [3.05, 3.63) is 40.6 Å². The number of nitrogens with two attached hydrogens (primary N) is 1. The molecule has 0 spiro atoms. The lowest BCUT2D eigenvalue weighted by Crippen LogP contribution is -1.99. The Balaban J connectivity index is 2.46. The molecule has 0 saturated carbocycles. The molecule has 1 aromatic heterocycles. The molecular formula is C11H8BrN3O2. The number of nitrogen functional groups attached to an aromatic ring is 1. The van der Waals surface area contributed by atoms with Crippen LogP contribution in [-0.2, 0) is 0 Å². The van der Waals surface area contributed by atoms with E-state index in [4.69, 9.17) is 10.8 Å². The summed E-state index contributed by atoms with van der Waals surface area (Å²) >= 11 is 3.21. The number of anilines is 1. The molecule has 0 radical (unpaired) electrons. The van der Waals surface area contributed by atoms with Gasteiger partial charge in [0.25, 0.3) is 0 Å². The van der Waals surface area contributed by atoms with Gasteiger partial charge in [-0.2, -0.15) is 0 Å². The van der Waals surface area contributed by atoms with E-state index in [1.807, 2.05) is 0 Å². The summed E-state index contributed by atoms with van der Waals surface area (Å²) in [4.78, 5) is 18.9. The minimum atomic E-state index is -0.968. The number of benzene rings is 1. The van der Waals surface area contributed by atoms with E-state index in [-0.39, 0.29) is 5.56 Å². The van der Waals surface area contributed by atoms with E-state index in [9.17, 15) is 4.79 Å². The van der Waals surface area contributed by atoms with Crippen molar-refractivity contribution in [2.24, 2.45) is 0 Å². The van der Waals surface area contributed by atoms with Crippen LogP contribution in [0.4, 0.5) is 5.82 Å². The third kappa shape index (κ3) is 2.42. The molecule has 0 aliphatic heterocycles. The highest BCUT2D eigenvalue weighted by Crippen LogP contribution is 2.23. The second-order valence-electron chi connectivity index (χ2n) is 3.31. The van der Waals surface area contributed by atoms with Gasteiger partial charge in [-0.1, -0.05) is 12.1 Å². The number of hydrogen-bond acceptors (Lipinski definition) is 4. The molecule has 0 aliphatic carbocycles. The topological polar surface area (TPSA) is 89.1 Å². The number of nitrogens with zero attached hydrogens (tertiary/aromatic N) is 2. The molecule has 0 amide bonds. The van der Waals surface area contributed by atoms with Gasteiger partial charge in [0.1, 0.15) is 16.1 Å². The first kappa shape index (κ1) is 11.5. The smallest absolute Gasteiger partial charge is 0.335 e. The normalized spacial score (nSPS) is 10.2. The average molecular weight is 294 g/mol. The van der Waals surface area contributed by atoms with Gasteiger partial charge in [-0.25, -0.2) is 14.8 Å². The predicted octanol–water partition coefficient (Wildman–Crippen LogP) is 2.19. The average Bonchev–Trinajstić information content (AvgIpc) is 2.32. The van der Waals surface area contributed by atoms with Crippen LogP contribution >= 0.6 is 15.9 Å². The molecule has 0 bridgehead atoms. The summed E-state index contributed by atoms with van der Waals surface area (Å²) in [6.07, 6.45) is 1.50. The summed E-state index contributed by atoms with van der Waals surface area (Å²) in [7, 11) is 0. The summed E-state index contributed by atoms with van der Waals surface area (Å²) in [6, 6.07) is 6.30. The molecule has 1 heterocycles. The summed E-state index contributed by atoms with van der Waals surface area (Å²) < 4.78 is 0.573. The number of carboxylic acid groups (broad SMARTS) is 1. The number of aromatic nitrogens is 2. The van der Waals surface area contributed by atoms with Gasteiger partial charge in [0, 0.05) is 5.56 Å². The predicted molar refractivity (Wildman–Crippen MR) is 66.5 cm³/mol. The van der Waals surface area contributed by atoms with Crippen molar-refractivity contribution >= 4 is 27.7 Å². The van der Waals surface area contributed by atoms with Crippen LogP contribution in [0.25, 0.3) is 11.3 Å². The van der Waals surface area contributed by atoms with Crippen molar-refractivity contribution in [2.75, 3.05) is 5.73 Å². The van der Waals surface area contributed by atoms with Gasteiger partial charge < -0.3 is 10.8 Å². The fourth-order valence-corrected chi connectivity index (χ4v) is 1.64. The zero-order valence-corrected chi connectivity index (χ0v) is 10.2. The number of hydrogen-bond donors (Lipinski definition) is 2. The molecule has 0 unspecified atom stereocenters. The van der Waals surface area contributed by atoms with Gasteiger partial charge in [-0.3, -0.25) is 0 Å². The maximum atomic E-state index is 10.7. The second-order valence-corrected chi connectivity index (χ2v) is 4.12. The van der Waals surface area contributed by atoms with E-state index < -0.39 is 5.97 Å². The van der Waals surface area contributed by atoms with Crippen molar-refractivity contribution in [3.8, 4) is 11.3 Å². The molecule has 0 aliphatic rings. The number of carboxylic acids is 1. The molecule has 0 fully saturated rings. The first-order valence-electron chi connectivity index (χ1n) is 4.69. The Morgan fingerprint density at radius 2 is 1.94 bits per heavy atom. The lowest BCUT2D eigenvalue weighted by atomic mass is 10.1. The molecule has 5 nitrogen and oxygen atoms in total. The van der Waals surface area contributed by atoms with Crippen LogP contribution in [-0.4, -0.2) is 21.0 Å². The maximum Gasteiger partial charge on any atom is 0.335 e. The molecule has 0 saturated heterocycles. The largest absolute Gasteiger partial charge is 0.478 e. The van der Waals surface area contributed by atoms with Crippen molar-refractivity contribution in [3.63, 3.8) is 0 Å². The fourth-order valence-electron chi connectivity index (χ4n) is 1.36. The highest BCUT2D eigenvalue weighted by Gasteiger charge is 2.08. The first-order valence-corrected chi connectivity index (χ1v) is 5.49. The lowest BCUT2D eigenvalue weighted by molar-refractivity contribution is 0.0697. The van der Waals surface area contributed by atoms with Gasteiger partial charge in [0.2, 0.25) is 0 Å². The zero-order chi connectivity index (χ0) is 12.4. The summed E-state index contributed by atoms with van der Waals surface area (Å²) in [5, 5.41) is 8.78. The van der Waals surface area contributed by atoms with E-state index >= 15 is 0 Å². The number of halogens is 1. The Morgan fingerprint density at radius 3 is 2.53 bits per heavy atom. The molecule has 1 aromatic carbocycles. The Kier molecular flexibility index (Phi) is 3.06. The van der Waals surface area contributed by atoms with Gasteiger partial charge in [0.15, 0.2) is 0 Å². The molecular weight excluding hydrogens is 286 g/mol. The summed E-state index contributed by atoms with van der Waals surface area (Å²) in [6.45, 7) is 0. The minimum absolute atomic E-state index is 0.218. The highest BCUT2D eigenvalue weighted by atomic mass is 79.9. The van der Waals surface area contributed by atoms with Gasteiger partial charge in [0.05, 0.1) is 11.8 Å². The van der Waals surface area contributed by atoms with E-state index in [0.29, 0.717) is 16.1 Å². The van der Waals surface area contributed by atoms with E-state index in [1.165, 1.54) is 18.3 Å². The number of aromatic carboxylic acids is 1. The first-order chi connectivity index (χ1) is 8.08. The third-order valence-corrected chi connectivity index (χ3v) is 2.56. The lowest BCUT2D eigenvalue weighted by Gasteiger charge is -2.04. The quantitative estimate of drug-likeness (QED) is 0.886. The van der Waals surface area contributed by atoms with Crippen LogP contribution < -0.4 is 5.73 Å². The van der Waals surface area contributed by atoms with Crippen molar-refractivity contribution < 1.29 is 9.90 Å². The zero-order valence-electron chi connectivity index (χ0n) is 8.59. The van der Waals surface area contributed by atoms with Crippen LogP contribution in [0.1, 0.15) is 10.4 Å². The van der Waals surface area contributed by atoms with Crippen LogP contribution in [0.2, 0.25) is 0 Å². The summed E-state index contributed by atoms with van der Waals surface area (Å²) in [5.74, 6) is -0.666. The fraction of sp³-hybridized carbons (Fsp3) is 0. The van der Waals surface area contributed by atoms with Gasteiger partial charge in [-0.05, 0) is 28.1 Å². The molecule has 17 heavy (non-hydrogen) atoms. The maximum absolute atomic E-state index is 10.7. The SMILES string of the molecule is Nc1ncc(Br)nc1-c1ccc(C(=O)O)cc1. The van der Waals surface area contributed by atoms with Crippen molar-refractivity contribution in [2.45, 2.75) is 0 Å². The molecule has 2 aromatic rings. The van der Waals surface area contributed by atoms with Crippen LogP contribution in [0.5, 0.6) is 0 Å². The van der Waals surface area contributed by atoms with E-state index in [0.717, 1.165) is 5.56 Å². The Bertz CT molecular complexity index is 569. The molecule has 3 N–H and O–H groups in total. The van der Waals surface area contributed by atoms with E-state index in [2.05, 4.69) is 25.9 Å². The van der Waals surface area contributed by atoms with Crippen molar-refractivity contribution in [1.29, 1.82) is 0 Å². The Labute approximate surface area is 105 Å². The Hall–Kier alpha value is -1.95. The molecule has 0 atom stereocenters. The second kappa shape index (κ2) is 4.50. The molecule has 2 rings (SSSR count). The number of rotatable bonds is 2.